The summed E-state index contributed by atoms with van der Waals surface area (Å²) in [5, 5.41) is 11.5. The number of carbonyl (C=O) groups is 1. The Morgan fingerprint density at radius 1 is 1.41 bits per heavy atom. The molecule has 0 atom stereocenters. The maximum Gasteiger partial charge on any atom is 0.338 e. The highest BCUT2D eigenvalue weighted by Gasteiger charge is 2.19. The molecule has 0 aromatic heterocycles. The molecular weight excluding hydrogens is 230 g/mol. The first-order valence-electron chi connectivity index (χ1n) is 5.06. The zero-order valence-corrected chi connectivity index (χ0v) is 9.63. The first kappa shape index (κ1) is 13.4. The van der Waals surface area contributed by atoms with Crippen LogP contribution in [-0.2, 0) is 0 Å². The maximum absolute atomic E-state index is 13.6. The lowest BCUT2D eigenvalue weighted by Crippen LogP contribution is -2.28. The molecule has 0 saturated carbocycles. The van der Waals surface area contributed by atoms with Gasteiger partial charge in [0, 0.05) is 20.1 Å². The summed E-state index contributed by atoms with van der Waals surface area (Å²) in [5.74, 6) is -3.94. The van der Waals surface area contributed by atoms with E-state index in [2.05, 4.69) is 5.32 Å². The van der Waals surface area contributed by atoms with Crippen LogP contribution in [0.25, 0.3) is 0 Å². The predicted octanol–water partition coefficient (Wildman–Crippen LogP) is 1.32. The Balaban J connectivity index is 3.03. The van der Waals surface area contributed by atoms with Gasteiger partial charge in [-0.15, -0.1) is 0 Å². The molecule has 4 nitrogen and oxygen atoms in total. The first-order valence-corrected chi connectivity index (χ1v) is 5.06. The molecule has 0 fully saturated rings. The fraction of sp³-hybridized carbons (Fsp3) is 0.364. The van der Waals surface area contributed by atoms with E-state index in [0.29, 0.717) is 13.1 Å². The highest BCUT2D eigenvalue weighted by atomic mass is 19.2. The summed E-state index contributed by atoms with van der Waals surface area (Å²) in [6, 6.07) is 2.32. The van der Waals surface area contributed by atoms with Gasteiger partial charge < -0.3 is 15.3 Å². The van der Waals surface area contributed by atoms with Crippen LogP contribution in [0, 0.1) is 11.6 Å². The standard InChI is InChI=1S/C11H14F2N2O2/c1-14-5-6-15(2)8-4-3-7(11(16)17)9(12)10(8)13/h3-4,14H,5-6H2,1-2H3,(H,16,17). The first-order chi connectivity index (χ1) is 7.99. The molecule has 0 aliphatic carbocycles. The molecular formula is C11H14F2N2O2. The maximum atomic E-state index is 13.6. The summed E-state index contributed by atoms with van der Waals surface area (Å²) < 4.78 is 27.0. The molecule has 0 spiro atoms. The van der Waals surface area contributed by atoms with Gasteiger partial charge >= 0.3 is 5.97 Å². The monoisotopic (exact) mass is 244 g/mol. The van der Waals surface area contributed by atoms with E-state index in [-0.39, 0.29) is 5.69 Å². The SMILES string of the molecule is CNCCN(C)c1ccc(C(=O)O)c(F)c1F. The lowest BCUT2D eigenvalue weighted by Gasteiger charge is -2.20. The molecule has 6 heteroatoms. The molecule has 0 amide bonds. The van der Waals surface area contributed by atoms with Crippen molar-refractivity contribution in [3.63, 3.8) is 0 Å². The number of benzene rings is 1. The van der Waals surface area contributed by atoms with E-state index in [4.69, 9.17) is 5.11 Å². The molecule has 1 rings (SSSR count). The van der Waals surface area contributed by atoms with E-state index < -0.39 is 23.2 Å². The van der Waals surface area contributed by atoms with E-state index in [1.54, 1.807) is 14.1 Å². The number of likely N-dealkylation sites (N-methyl/N-ethyl adjacent to an activating group) is 2. The molecule has 94 valence electrons. The Labute approximate surface area is 97.9 Å². The predicted molar refractivity (Wildman–Crippen MR) is 60.5 cm³/mol. The molecule has 0 radical (unpaired) electrons. The van der Waals surface area contributed by atoms with E-state index in [1.807, 2.05) is 0 Å². The van der Waals surface area contributed by atoms with Gasteiger partial charge in [0.2, 0.25) is 0 Å². The van der Waals surface area contributed by atoms with Crippen molar-refractivity contribution in [3.8, 4) is 0 Å². The molecule has 0 unspecified atom stereocenters. The molecule has 0 aliphatic heterocycles. The summed E-state index contributed by atoms with van der Waals surface area (Å²) in [6.07, 6.45) is 0. The molecule has 2 N–H and O–H groups in total. The van der Waals surface area contributed by atoms with Gasteiger partial charge in [-0.05, 0) is 19.2 Å². The van der Waals surface area contributed by atoms with Crippen molar-refractivity contribution >= 4 is 11.7 Å². The van der Waals surface area contributed by atoms with Gasteiger partial charge in [0.1, 0.15) is 0 Å². The molecule has 0 aliphatic rings. The summed E-state index contributed by atoms with van der Waals surface area (Å²) in [7, 11) is 3.36. The number of halogens is 2. The quantitative estimate of drug-likeness (QED) is 0.820. The average molecular weight is 244 g/mol. The number of nitrogens with zero attached hydrogens (tertiary/aromatic N) is 1. The Morgan fingerprint density at radius 3 is 2.59 bits per heavy atom. The molecule has 0 saturated heterocycles. The number of carboxylic acids is 1. The van der Waals surface area contributed by atoms with Crippen LogP contribution in [0.3, 0.4) is 0 Å². The minimum absolute atomic E-state index is 0.0442. The van der Waals surface area contributed by atoms with Crippen molar-refractivity contribution in [2.75, 3.05) is 32.1 Å². The number of rotatable bonds is 5. The highest BCUT2D eigenvalue weighted by molar-refractivity contribution is 5.88. The molecule has 1 aromatic rings. The third-order valence-electron chi connectivity index (χ3n) is 2.40. The van der Waals surface area contributed by atoms with Crippen LogP contribution in [0.2, 0.25) is 0 Å². The molecule has 17 heavy (non-hydrogen) atoms. The third-order valence-corrected chi connectivity index (χ3v) is 2.40. The molecule has 0 bridgehead atoms. The normalized spacial score (nSPS) is 10.4. The van der Waals surface area contributed by atoms with Crippen molar-refractivity contribution in [1.82, 2.24) is 5.32 Å². The van der Waals surface area contributed by atoms with Crippen LogP contribution >= 0.6 is 0 Å². The van der Waals surface area contributed by atoms with Gasteiger partial charge in [0.15, 0.2) is 11.6 Å². The average Bonchev–Trinajstić information content (AvgIpc) is 2.29. The zero-order valence-electron chi connectivity index (χ0n) is 9.63. The Bertz CT molecular complexity index is 424. The Kier molecular flexibility index (Phi) is 4.39. The van der Waals surface area contributed by atoms with Crippen LogP contribution in [0.4, 0.5) is 14.5 Å². The minimum Gasteiger partial charge on any atom is -0.478 e. The lowest BCUT2D eigenvalue weighted by atomic mass is 10.1. The number of anilines is 1. The van der Waals surface area contributed by atoms with Crippen LogP contribution in [0.1, 0.15) is 10.4 Å². The smallest absolute Gasteiger partial charge is 0.338 e. The number of nitrogens with one attached hydrogen (secondary N) is 1. The van der Waals surface area contributed by atoms with Gasteiger partial charge in [-0.1, -0.05) is 0 Å². The minimum atomic E-state index is -1.48. The third kappa shape index (κ3) is 2.91. The Hall–Kier alpha value is -1.69. The van der Waals surface area contributed by atoms with Gasteiger partial charge in [0.05, 0.1) is 11.3 Å². The molecule has 0 heterocycles. The number of carboxylic acid groups (broad SMARTS) is 1. The van der Waals surface area contributed by atoms with Crippen molar-refractivity contribution < 1.29 is 18.7 Å². The Morgan fingerprint density at radius 2 is 2.06 bits per heavy atom. The number of hydrogen-bond donors (Lipinski definition) is 2. The second-order valence-electron chi connectivity index (χ2n) is 3.59. The van der Waals surface area contributed by atoms with E-state index >= 15 is 0 Å². The van der Waals surface area contributed by atoms with Gasteiger partial charge in [-0.2, -0.15) is 0 Å². The summed E-state index contributed by atoms with van der Waals surface area (Å²) in [5.41, 5.74) is -0.615. The van der Waals surface area contributed by atoms with Gasteiger partial charge in [-0.25, -0.2) is 13.6 Å². The van der Waals surface area contributed by atoms with Crippen molar-refractivity contribution in [1.29, 1.82) is 0 Å². The van der Waals surface area contributed by atoms with E-state index in [9.17, 15) is 13.6 Å². The fourth-order valence-electron chi connectivity index (χ4n) is 1.40. The van der Waals surface area contributed by atoms with Crippen LogP contribution in [0.5, 0.6) is 0 Å². The van der Waals surface area contributed by atoms with Gasteiger partial charge in [-0.3, -0.25) is 0 Å². The zero-order chi connectivity index (χ0) is 13.0. The topological polar surface area (TPSA) is 52.6 Å². The lowest BCUT2D eigenvalue weighted by molar-refractivity contribution is 0.0690. The summed E-state index contributed by atoms with van der Waals surface area (Å²) >= 11 is 0. The van der Waals surface area contributed by atoms with Crippen molar-refractivity contribution in [2.24, 2.45) is 0 Å². The summed E-state index contributed by atoms with van der Waals surface area (Å²) in [6.45, 7) is 1.09. The van der Waals surface area contributed by atoms with Crippen LogP contribution in [0.15, 0.2) is 12.1 Å². The van der Waals surface area contributed by atoms with Crippen LogP contribution in [-0.4, -0.2) is 38.3 Å². The number of aromatic carboxylic acids is 1. The van der Waals surface area contributed by atoms with Crippen LogP contribution < -0.4 is 10.2 Å². The second kappa shape index (κ2) is 5.58. The van der Waals surface area contributed by atoms with Crippen molar-refractivity contribution in [3.05, 3.63) is 29.3 Å². The van der Waals surface area contributed by atoms with E-state index in [1.165, 1.54) is 11.0 Å². The fourth-order valence-corrected chi connectivity index (χ4v) is 1.40. The second-order valence-corrected chi connectivity index (χ2v) is 3.59. The molecule has 1 aromatic carbocycles. The van der Waals surface area contributed by atoms with Gasteiger partial charge in [0.25, 0.3) is 0 Å². The number of hydrogen-bond acceptors (Lipinski definition) is 3. The van der Waals surface area contributed by atoms with Crippen molar-refractivity contribution in [2.45, 2.75) is 0 Å². The van der Waals surface area contributed by atoms with E-state index in [0.717, 1.165) is 6.07 Å². The largest absolute Gasteiger partial charge is 0.478 e. The highest BCUT2D eigenvalue weighted by Crippen LogP contribution is 2.23. The summed E-state index contributed by atoms with van der Waals surface area (Å²) in [4.78, 5) is 12.1.